The summed E-state index contributed by atoms with van der Waals surface area (Å²) in [7, 11) is 3.95. The van der Waals surface area contributed by atoms with E-state index in [1.165, 1.54) is 10.9 Å². The number of amides is 1. The van der Waals surface area contributed by atoms with Gasteiger partial charge in [0.15, 0.2) is 0 Å². The molecule has 154 valence electrons. The topological polar surface area (TPSA) is 78.3 Å². The van der Waals surface area contributed by atoms with E-state index in [9.17, 15) is 9.59 Å². The molecule has 0 aliphatic heterocycles. The quantitative estimate of drug-likeness (QED) is 0.614. The third-order valence-corrected chi connectivity index (χ3v) is 5.44. The molecule has 6 nitrogen and oxygen atoms in total. The number of nitrogens with zero attached hydrogens (tertiary/aromatic N) is 1. The molecule has 0 fully saturated rings. The van der Waals surface area contributed by atoms with Crippen molar-refractivity contribution in [3.8, 4) is 0 Å². The first-order valence-corrected chi connectivity index (χ1v) is 10.0. The number of aryl methyl sites for hydroxylation is 3. The molecule has 1 atom stereocenters. The van der Waals surface area contributed by atoms with E-state index in [1.807, 2.05) is 38.5 Å². The number of nitrogens with one attached hydrogen (secondary N) is 2. The number of hydrogen-bond donors (Lipinski definition) is 2. The largest absolute Gasteiger partial charge is 0.427 e. The summed E-state index contributed by atoms with van der Waals surface area (Å²) in [5.41, 5.74) is 2.43. The Labute approximate surface area is 170 Å². The molecule has 0 aliphatic carbocycles. The maximum absolute atomic E-state index is 12.5. The molecule has 1 unspecified atom stereocenters. The molecule has 0 saturated heterocycles. The van der Waals surface area contributed by atoms with E-state index < -0.39 is 5.63 Å². The Morgan fingerprint density at radius 2 is 2.00 bits per heavy atom. The summed E-state index contributed by atoms with van der Waals surface area (Å²) in [4.78, 5) is 30.3. The van der Waals surface area contributed by atoms with Crippen molar-refractivity contribution < 1.29 is 9.21 Å². The molecule has 1 aromatic carbocycles. The molecule has 0 radical (unpaired) electrons. The zero-order chi connectivity index (χ0) is 21.0. The molecule has 2 aromatic heterocycles. The smallest absolute Gasteiger partial charge is 0.349 e. The van der Waals surface area contributed by atoms with Gasteiger partial charge in [-0.15, -0.1) is 0 Å². The fourth-order valence-electron chi connectivity index (χ4n) is 3.66. The lowest BCUT2D eigenvalue weighted by Gasteiger charge is -2.23. The van der Waals surface area contributed by atoms with Gasteiger partial charge in [-0.2, -0.15) is 0 Å². The minimum Gasteiger partial charge on any atom is -0.427 e. The maximum atomic E-state index is 12.5. The number of aromatic amines is 1. The fourth-order valence-corrected chi connectivity index (χ4v) is 3.66. The van der Waals surface area contributed by atoms with E-state index in [4.69, 9.17) is 4.42 Å². The number of likely N-dealkylation sites (N-methyl/N-ethyl adjacent to an activating group) is 1. The zero-order valence-corrected chi connectivity index (χ0v) is 17.5. The highest BCUT2D eigenvalue weighted by molar-refractivity contribution is 5.95. The molecule has 1 amide bonds. The molecular formula is C23H29N3O3. The van der Waals surface area contributed by atoms with E-state index in [1.54, 1.807) is 13.0 Å². The zero-order valence-electron chi connectivity index (χ0n) is 17.5. The second kappa shape index (κ2) is 9.09. The van der Waals surface area contributed by atoms with Crippen LogP contribution in [-0.2, 0) is 12.8 Å². The van der Waals surface area contributed by atoms with Gasteiger partial charge < -0.3 is 19.6 Å². The van der Waals surface area contributed by atoms with Gasteiger partial charge in [0.1, 0.15) is 11.3 Å². The Hall–Kier alpha value is -2.86. The lowest BCUT2D eigenvalue weighted by Crippen LogP contribution is -2.41. The van der Waals surface area contributed by atoms with E-state index in [0.29, 0.717) is 24.3 Å². The lowest BCUT2D eigenvalue weighted by atomic mass is 10.1. The summed E-state index contributed by atoms with van der Waals surface area (Å²) in [5, 5.41) is 4.04. The number of aromatic nitrogens is 1. The normalized spacial score (nSPS) is 12.4. The van der Waals surface area contributed by atoms with Crippen molar-refractivity contribution in [1.29, 1.82) is 0 Å². The van der Waals surface area contributed by atoms with Crippen molar-refractivity contribution in [2.75, 3.05) is 20.6 Å². The fraction of sp³-hybridized carbons (Fsp3) is 0.391. The van der Waals surface area contributed by atoms with Crippen LogP contribution in [0.2, 0.25) is 0 Å². The van der Waals surface area contributed by atoms with E-state index in [2.05, 4.69) is 28.2 Å². The predicted octanol–water partition coefficient (Wildman–Crippen LogP) is 3.28. The van der Waals surface area contributed by atoms with Crippen molar-refractivity contribution in [1.82, 2.24) is 15.2 Å². The Morgan fingerprint density at radius 1 is 1.24 bits per heavy atom. The van der Waals surface area contributed by atoms with Crippen LogP contribution in [0.5, 0.6) is 0 Å². The van der Waals surface area contributed by atoms with Gasteiger partial charge in [0.05, 0.1) is 0 Å². The monoisotopic (exact) mass is 395 g/mol. The molecule has 0 saturated carbocycles. The molecule has 3 rings (SSSR count). The Morgan fingerprint density at radius 3 is 2.69 bits per heavy atom. The van der Waals surface area contributed by atoms with Crippen molar-refractivity contribution in [2.45, 2.75) is 39.2 Å². The van der Waals surface area contributed by atoms with Crippen molar-refractivity contribution in [3.63, 3.8) is 0 Å². The number of carbonyl (C=O) groups excluding carboxylic acids is 1. The first-order valence-electron chi connectivity index (χ1n) is 10.0. The highest BCUT2D eigenvalue weighted by Gasteiger charge is 2.18. The first-order chi connectivity index (χ1) is 13.9. The van der Waals surface area contributed by atoms with Gasteiger partial charge in [-0.1, -0.05) is 25.1 Å². The molecule has 0 bridgehead atoms. The van der Waals surface area contributed by atoms with Crippen molar-refractivity contribution in [2.24, 2.45) is 0 Å². The number of benzene rings is 1. The van der Waals surface area contributed by atoms with E-state index in [-0.39, 0.29) is 17.5 Å². The molecule has 0 aliphatic rings. The second-order valence-corrected chi connectivity index (χ2v) is 7.65. The molecule has 6 heteroatoms. The van der Waals surface area contributed by atoms with Gasteiger partial charge in [0.25, 0.3) is 5.91 Å². The van der Waals surface area contributed by atoms with Crippen LogP contribution >= 0.6 is 0 Å². The van der Waals surface area contributed by atoms with Gasteiger partial charge in [0.2, 0.25) is 0 Å². The molecule has 29 heavy (non-hydrogen) atoms. The Kier molecular flexibility index (Phi) is 6.54. The van der Waals surface area contributed by atoms with Crippen LogP contribution in [0.4, 0.5) is 0 Å². The van der Waals surface area contributed by atoms with Gasteiger partial charge >= 0.3 is 5.63 Å². The van der Waals surface area contributed by atoms with Crippen LogP contribution in [-0.4, -0.2) is 42.5 Å². The summed E-state index contributed by atoms with van der Waals surface area (Å²) >= 11 is 0. The predicted molar refractivity (Wildman–Crippen MR) is 116 cm³/mol. The third-order valence-electron chi connectivity index (χ3n) is 5.44. The number of para-hydroxylation sites is 1. The molecule has 2 heterocycles. The van der Waals surface area contributed by atoms with Gasteiger partial charge in [-0.25, -0.2) is 4.79 Å². The molecular weight excluding hydrogens is 366 g/mol. The van der Waals surface area contributed by atoms with Crippen molar-refractivity contribution >= 4 is 16.8 Å². The van der Waals surface area contributed by atoms with Crippen LogP contribution in [0.15, 0.2) is 45.7 Å². The third kappa shape index (κ3) is 4.77. The SMILES string of the molecule is CCC(CNC(=O)c1c(C)cc(CCc2c[nH]c3ccccc23)oc1=O)N(C)C. The highest BCUT2D eigenvalue weighted by Crippen LogP contribution is 2.19. The minimum absolute atomic E-state index is 0.0921. The van der Waals surface area contributed by atoms with Crippen LogP contribution in [0.25, 0.3) is 10.9 Å². The first kappa shape index (κ1) is 20.9. The Balaban J connectivity index is 1.70. The van der Waals surface area contributed by atoms with E-state index in [0.717, 1.165) is 18.4 Å². The molecule has 3 aromatic rings. The summed E-state index contributed by atoms with van der Waals surface area (Å²) in [6.45, 7) is 4.34. The van der Waals surface area contributed by atoms with E-state index >= 15 is 0 Å². The van der Waals surface area contributed by atoms with Crippen LogP contribution in [0.1, 0.15) is 40.6 Å². The van der Waals surface area contributed by atoms with Crippen molar-refractivity contribution in [3.05, 3.63) is 69.4 Å². The number of carbonyl (C=O) groups is 1. The minimum atomic E-state index is -0.575. The standard InChI is InChI=1S/C23H29N3O3/c1-5-17(26(3)4)14-25-22(27)21-15(2)12-18(29-23(21)28)11-10-16-13-24-20-9-7-6-8-19(16)20/h6-9,12-13,17,24H,5,10-11,14H2,1-4H3,(H,25,27). The van der Waals surface area contributed by atoms with Gasteiger partial charge in [-0.05, 0) is 57.1 Å². The van der Waals surface area contributed by atoms with Crippen LogP contribution < -0.4 is 10.9 Å². The summed E-state index contributed by atoms with van der Waals surface area (Å²) in [6, 6.07) is 10.1. The van der Waals surface area contributed by atoms with Gasteiger partial charge in [0, 0.05) is 36.1 Å². The summed E-state index contributed by atoms with van der Waals surface area (Å²) in [6.07, 6.45) is 4.25. The molecule has 2 N–H and O–H groups in total. The van der Waals surface area contributed by atoms with Crippen LogP contribution in [0, 0.1) is 6.92 Å². The van der Waals surface area contributed by atoms with Gasteiger partial charge in [-0.3, -0.25) is 4.79 Å². The van der Waals surface area contributed by atoms with Crippen LogP contribution in [0.3, 0.4) is 0 Å². The second-order valence-electron chi connectivity index (χ2n) is 7.65. The maximum Gasteiger partial charge on any atom is 0.349 e. The summed E-state index contributed by atoms with van der Waals surface area (Å²) < 4.78 is 5.46. The lowest BCUT2D eigenvalue weighted by molar-refractivity contribution is 0.0936. The number of hydrogen-bond acceptors (Lipinski definition) is 4. The number of H-pyrrole nitrogens is 1. The molecule has 0 spiro atoms. The number of rotatable bonds is 8. The summed E-state index contributed by atoms with van der Waals surface area (Å²) in [5.74, 6) is 0.216. The highest BCUT2D eigenvalue weighted by atomic mass is 16.4. The average molecular weight is 396 g/mol. The Bertz CT molecular complexity index is 1050. The number of fused-ring (bicyclic) bond motifs is 1. The average Bonchev–Trinajstić information content (AvgIpc) is 3.09.